The number of anilines is 2. The Balaban J connectivity index is 1.46. The Morgan fingerprint density at radius 2 is 1.84 bits per heavy atom. The van der Waals surface area contributed by atoms with E-state index in [9.17, 15) is 13.5 Å². The lowest BCUT2D eigenvalue weighted by atomic mass is 9.99. The van der Waals surface area contributed by atoms with Crippen molar-refractivity contribution in [3.8, 4) is 0 Å². The third-order valence-corrected chi connectivity index (χ3v) is 8.31. The summed E-state index contributed by atoms with van der Waals surface area (Å²) in [5.41, 5.74) is 6.04. The Bertz CT molecular complexity index is 1090. The molecule has 0 atom stereocenters. The monoisotopic (exact) mass is 457 g/mol. The van der Waals surface area contributed by atoms with Gasteiger partial charge in [-0.15, -0.1) is 4.40 Å². The molecule has 0 unspecified atom stereocenters. The van der Waals surface area contributed by atoms with Crippen LogP contribution in [0.2, 0.25) is 0 Å². The van der Waals surface area contributed by atoms with Crippen molar-refractivity contribution in [2.75, 3.05) is 29.8 Å². The van der Waals surface area contributed by atoms with Crippen molar-refractivity contribution in [3.63, 3.8) is 0 Å². The molecule has 10 heteroatoms. The zero-order chi connectivity index (χ0) is 22.3. The van der Waals surface area contributed by atoms with E-state index in [2.05, 4.69) is 30.9 Å². The van der Waals surface area contributed by atoms with Gasteiger partial charge in [-0.25, -0.2) is 4.31 Å². The predicted octanol–water partition coefficient (Wildman–Crippen LogP) is 1.36. The van der Waals surface area contributed by atoms with Gasteiger partial charge in [0.2, 0.25) is 0 Å². The summed E-state index contributed by atoms with van der Waals surface area (Å²) in [6.45, 7) is 1.56. The molecule has 172 valence electrons. The van der Waals surface area contributed by atoms with Crippen molar-refractivity contribution in [1.29, 1.82) is 0 Å². The van der Waals surface area contributed by atoms with Crippen molar-refractivity contribution >= 4 is 27.6 Å². The fourth-order valence-electron chi connectivity index (χ4n) is 5.37. The summed E-state index contributed by atoms with van der Waals surface area (Å²) in [4.78, 5) is 2.16. The number of aromatic amines is 1. The minimum absolute atomic E-state index is 0.268. The first-order valence-corrected chi connectivity index (χ1v) is 12.7. The number of hydrogen-bond donors (Lipinski definition) is 2. The topological polar surface area (TPSA) is 117 Å². The minimum Gasteiger partial charge on any atom is -0.845 e. The Labute approximate surface area is 188 Å². The largest absolute Gasteiger partial charge is 0.845 e. The fraction of sp³-hybridized carbons (Fsp3) is 0.545. The summed E-state index contributed by atoms with van der Waals surface area (Å²) in [6.07, 6.45) is 10.2. The first kappa shape index (κ1) is 21.3. The molecule has 5 rings (SSSR count). The molecule has 2 aromatic rings. The van der Waals surface area contributed by atoms with Crippen molar-refractivity contribution in [1.82, 2.24) is 15.1 Å². The maximum atomic E-state index is 13.3. The Morgan fingerprint density at radius 1 is 1.19 bits per heavy atom. The number of aromatic nitrogens is 2. The number of nitrogens with zero attached hydrogens (tertiary/aromatic N) is 4. The zero-order valence-electron chi connectivity index (χ0n) is 18.3. The molecule has 2 heterocycles. The maximum Gasteiger partial charge on any atom is 0.345 e. The molecular formula is C22H29N6O3S-. The summed E-state index contributed by atoms with van der Waals surface area (Å²) in [5.74, 6) is 0. The van der Waals surface area contributed by atoms with Crippen molar-refractivity contribution < 1.29 is 13.5 Å². The zero-order valence-corrected chi connectivity index (χ0v) is 19.1. The van der Waals surface area contributed by atoms with Crippen molar-refractivity contribution in [2.24, 2.45) is 4.40 Å². The van der Waals surface area contributed by atoms with E-state index in [0.29, 0.717) is 18.5 Å². The van der Waals surface area contributed by atoms with Gasteiger partial charge in [-0.2, -0.15) is 13.5 Å². The smallest absolute Gasteiger partial charge is 0.345 e. The van der Waals surface area contributed by atoms with E-state index >= 15 is 0 Å². The molecule has 0 amide bonds. The van der Waals surface area contributed by atoms with Crippen LogP contribution in [-0.4, -0.2) is 55.7 Å². The van der Waals surface area contributed by atoms with Crippen LogP contribution in [0.4, 0.5) is 11.4 Å². The number of nitrogens with one attached hydrogen (secondary N) is 2. The van der Waals surface area contributed by atoms with E-state index < -0.39 is 16.2 Å². The van der Waals surface area contributed by atoms with Gasteiger partial charge in [0.25, 0.3) is 0 Å². The molecule has 2 N–H and O–H groups in total. The highest BCUT2D eigenvalue weighted by molar-refractivity contribution is 7.91. The van der Waals surface area contributed by atoms with Gasteiger partial charge in [-0.05, 0) is 93.8 Å². The number of aryl methyl sites for hydroxylation is 2. The maximum absolute atomic E-state index is 13.3. The molecule has 1 aliphatic heterocycles. The van der Waals surface area contributed by atoms with E-state index in [4.69, 9.17) is 0 Å². The summed E-state index contributed by atoms with van der Waals surface area (Å²) in [7, 11) is -2.23. The average molecular weight is 458 g/mol. The molecule has 0 saturated carbocycles. The number of benzene rings is 1. The molecule has 0 radical (unpaired) electrons. The van der Waals surface area contributed by atoms with Crippen LogP contribution in [0, 0.1) is 0 Å². The summed E-state index contributed by atoms with van der Waals surface area (Å²) >= 11 is 0. The molecule has 2 aliphatic carbocycles. The molecule has 1 aromatic heterocycles. The van der Waals surface area contributed by atoms with Crippen molar-refractivity contribution in [3.05, 3.63) is 40.7 Å². The number of amidine groups is 1. The molecule has 9 nitrogen and oxygen atoms in total. The normalized spacial score (nSPS) is 19.7. The standard InChI is InChI=1S/C22H30N6O3S/c1-27-10-8-17(9-11-27)28(18-13-23-24-14-18)32(30,31)26-22(29)25-21-19-6-2-4-15(19)12-16-5-3-7-20(16)21/h12-14,17H,2-11H2,1H3,(H,23,24)(H2,25,26,29)/p-1. The molecule has 0 bridgehead atoms. The highest BCUT2D eigenvalue weighted by Gasteiger charge is 2.33. The lowest BCUT2D eigenvalue weighted by molar-refractivity contribution is -0.213. The van der Waals surface area contributed by atoms with E-state index in [1.165, 1.54) is 27.8 Å². The van der Waals surface area contributed by atoms with Crippen molar-refractivity contribution in [2.45, 2.75) is 57.4 Å². The van der Waals surface area contributed by atoms with Gasteiger partial charge < -0.3 is 15.3 Å². The number of rotatable bonds is 5. The first-order valence-electron chi connectivity index (χ1n) is 11.3. The summed E-state index contributed by atoms with van der Waals surface area (Å²) < 4.78 is 31.6. The van der Waals surface area contributed by atoms with Crippen LogP contribution in [0.15, 0.2) is 22.9 Å². The third kappa shape index (κ3) is 3.97. The highest BCUT2D eigenvalue weighted by atomic mass is 32.2. The van der Waals surface area contributed by atoms with Gasteiger partial charge in [0.1, 0.15) is 0 Å². The molecule has 1 aromatic carbocycles. The van der Waals surface area contributed by atoms with Crippen LogP contribution in [0.1, 0.15) is 47.9 Å². The number of likely N-dealkylation sites (tertiary alicyclic amines) is 1. The van der Waals surface area contributed by atoms with Crippen LogP contribution in [0.25, 0.3) is 0 Å². The van der Waals surface area contributed by atoms with E-state index in [1.54, 1.807) is 0 Å². The Hall–Kier alpha value is -2.59. The fourth-order valence-corrected chi connectivity index (χ4v) is 6.67. The van der Waals surface area contributed by atoms with Gasteiger partial charge >= 0.3 is 10.2 Å². The van der Waals surface area contributed by atoms with Gasteiger partial charge in [0, 0.05) is 17.9 Å². The quantitative estimate of drug-likeness (QED) is 0.517. The van der Waals surface area contributed by atoms with Crippen LogP contribution < -0.4 is 14.7 Å². The van der Waals surface area contributed by atoms with Crippen LogP contribution in [0.5, 0.6) is 0 Å². The third-order valence-electron chi connectivity index (χ3n) is 6.91. The molecular weight excluding hydrogens is 428 g/mol. The number of piperidine rings is 1. The lowest BCUT2D eigenvalue weighted by Crippen LogP contribution is -2.46. The molecule has 1 fully saturated rings. The van der Waals surface area contributed by atoms with Gasteiger partial charge in [-0.1, -0.05) is 6.07 Å². The second kappa shape index (κ2) is 8.40. The van der Waals surface area contributed by atoms with Gasteiger partial charge in [-0.3, -0.25) is 5.10 Å². The van der Waals surface area contributed by atoms with E-state index in [1.807, 2.05) is 7.05 Å². The highest BCUT2D eigenvalue weighted by Crippen LogP contribution is 2.38. The Kier molecular flexibility index (Phi) is 5.58. The second-order valence-corrected chi connectivity index (χ2v) is 10.5. The number of hydrogen-bond acceptors (Lipinski definition) is 5. The SMILES string of the molecule is CN1CCC(N(c2cn[nH]c2)S(=O)(=O)/N=C(\[O-])Nc2c3c(cc4c2CCC4)CCC3)CC1. The van der Waals surface area contributed by atoms with Crippen LogP contribution >= 0.6 is 0 Å². The van der Waals surface area contributed by atoms with E-state index in [0.717, 1.165) is 68.4 Å². The number of fused-ring (bicyclic) bond motifs is 2. The predicted molar refractivity (Wildman–Crippen MR) is 122 cm³/mol. The van der Waals surface area contributed by atoms with E-state index in [-0.39, 0.29) is 6.04 Å². The molecule has 1 saturated heterocycles. The van der Waals surface area contributed by atoms with Crippen LogP contribution in [-0.2, 0) is 35.9 Å². The second-order valence-electron chi connectivity index (χ2n) is 9.02. The summed E-state index contributed by atoms with van der Waals surface area (Å²) in [5, 5.41) is 22.4. The Morgan fingerprint density at radius 3 is 2.44 bits per heavy atom. The van der Waals surface area contributed by atoms with Crippen LogP contribution in [0.3, 0.4) is 0 Å². The minimum atomic E-state index is -4.24. The van der Waals surface area contributed by atoms with Gasteiger partial charge in [0.05, 0.1) is 17.9 Å². The summed E-state index contributed by atoms with van der Waals surface area (Å²) in [6, 6.07) is 1.17. The first-order chi connectivity index (χ1) is 15.4. The molecule has 32 heavy (non-hydrogen) atoms. The molecule has 0 spiro atoms. The van der Waals surface area contributed by atoms with Gasteiger partial charge in [0.15, 0.2) is 0 Å². The average Bonchev–Trinajstić information content (AvgIpc) is 3.50. The molecule has 3 aliphatic rings. The number of H-pyrrole nitrogens is 1. The lowest BCUT2D eigenvalue weighted by Gasteiger charge is -2.36.